The van der Waals surface area contributed by atoms with Gasteiger partial charge in [0.25, 0.3) is 0 Å². The number of amides is 1. The summed E-state index contributed by atoms with van der Waals surface area (Å²) in [5, 5.41) is 12.0. The molecular formula is C14H22N2O2. The Morgan fingerprint density at radius 2 is 2.00 bits per heavy atom. The summed E-state index contributed by atoms with van der Waals surface area (Å²) in [7, 11) is 0. The van der Waals surface area contributed by atoms with Gasteiger partial charge in [0.2, 0.25) is 5.91 Å². The SMILES string of the molecule is CC(C)(C)C(N)CC(=O)Nc1ccccc1CO. The number of anilines is 1. The lowest BCUT2D eigenvalue weighted by Crippen LogP contribution is -2.38. The van der Waals surface area contributed by atoms with Gasteiger partial charge in [-0.3, -0.25) is 4.79 Å². The van der Waals surface area contributed by atoms with E-state index in [4.69, 9.17) is 10.8 Å². The van der Waals surface area contributed by atoms with Crippen LogP contribution >= 0.6 is 0 Å². The molecule has 0 aliphatic rings. The fourth-order valence-electron chi connectivity index (χ4n) is 1.49. The number of nitrogens with two attached hydrogens (primary N) is 1. The highest BCUT2D eigenvalue weighted by Gasteiger charge is 2.23. The quantitative estimate of drug-likeness (QED) is 0.763. The van der Waals surface area contributed by atoms with Crippen molar-refractivity contribution in [3.8, 4) is 0 Å². The van der Waals surface area contributed by atoms with E-state index in [1.807, 2.05) is 32.9 Å². The van der Waals surface area contributed by atoms with Gasteiger partial charge in [-0.2, -0.15) is 0 Å². The molecule has 18 heavy (non-hydrogen) atoms. The van der Waals surface area contributed by atoms with Gasteiger partial charge in [-0.1, -0.05) is 39.0 Å². The number of carbonyl (C=O) groups excluding carboxylic acids is 1. The van der Waals surface area contributed by atoms with Gasteiger partial charge in [-0.15, -0.1) is 0 Å². The maximum atomic E-state index is 11.9. The van der Waals surface area contributed by atoms with Crippen LogP contribution in [0.25, 0.3) is 0 Å². The zero-order valence-electron chi connectivity index (χ0n) is 11.2. The topological polar surface area (TPSA) is 75.4 Å². The standard InChI is InChI=1S/C14H22N2O2/c1-14(2,3)12(15)8-13(18)16-11-7-5-4-6-10(11)9-17/h4-7,12,17H,8-9,15H2,1-3H3,(H,16,18). The first-order valence-corrected chi connectivity index (χ1v) is 6.09. The van der Waals surface area contributed by atoms with Crippen LogP contribution in [0.3, 0.4) is 0 Å². The number of carbonyl (C=O) groups is 1. The van der Waals surface area contributed by atoms with E-state index in [0.717, 1.165) is 0 Å². The second-order valence-corrected chi connectivity index (χ2v) is 5.54. The van der Waals surface area contributed by atoms with Crippen molar-refractivity contribution in [1.29, 1.82) is 0 Å². The zero-order valence-corrected chi connectivity index (χ0v) is 11.2. The molecule has 1 aromatic carbocycles. The molecule has 0 heterocycles. The highest BCUT2D eigenvalue weighted by atomic mass is 16.3. The van der Waals surface area contributed by atoms with Crippen molar-refractivity contribution in [3.05, 3.63) is 29.8 Å². The number of hydrogen-bond acceptors (Lipinski definition) is 3. The second-order valence-electron chi connectivity index (χ2n) is 5.54. The third kappa shape index (κ3) is 4.13. The monoisotopic (exact) mass is 250 g/mol. The van der Waals surface area contributed by atoms with E-state index < -0.39 is 0 Å². The first-order chi connectivity index (χ1) is 8.34. The van der Waals surface area contributed by atoms with Gasteiger partial charge in [0, 0.05) is 23.7 Å². The molecule has 100 valence electrons. The van der Waals surface area contributed by atoms with Crippen molar-refractivity contribution in [2.75, 3.05) is 5.32 Å². The summed E-state index contributed by atoms with van der Waals surface area (Å²) in [6.07, 6.45) is 0.267. The lowest BCUT2D eigenvalue weighted by atomic mass is 9.85. The molecule has 1 amide bonds. The molecular weight excluding hydrogens is 228 g/mol. The van der Waals surface area contributed by atoms with Crippen LogP contribution in [-0.2, 0) is 11.4 Å². The first kappa shape index (κ1) is 14.7. The van der Waals surface area contributed by atoms with Gasteiger partial charge in [0.15, 0.2) is 0 Å². The van der Waals surface area contributed by atoms with Crippen LogP contribution in [0.4, 0.5) is 5.69 Å². The lowest BCUT2D eigenvalue weighted by Gasteiger charge is -2.26. The average molecular weight is 250 g/mol. The number of aliphatic hydroxyl groups is 1. The van der Waals surface area contributed by atoms with Gasteiger partial charge in [0.05, 0.1) is 6.61 Å². The van der Waals surface area contributed by atoms with Gasteiger partial charge < -0.3 is 16.2 Å². The van der Waals surface area contributed by atoms with Crippen molar-refractivity contribution in [1.82, 2.24) is 0 Å². The fourth-order valence-corrected chi connectivity index (χ4v) is 1.49. The van der Waals surface area contributed by atoms with E-state index in [-0.39, 0.29) is 30.4 Å². The Kier molecular flexibility index (Phi) is 4.87. The Bertz CT molecular complexity index is 411. The van der Waals surface area contributed by atoms with Crippen LogP contribution in [0.2, 0.25) is 0 Å². The van der Waals surface area contributed by atoms with Crippen LogP contribution < -0.4 is 11.1 Å². The molecule has 0 saturated carbocycles. The van der Waals surface area contributed by atoms with E-state index in [2.05, 4.69) is 5.32 Å². The normalized spacial score (nSPS) is 13.2. The zero-order chi connectivity index (χ0) is 13.8. The lowest BCUT2D eigenvalue weighted by molar-refractivity contribution is -0.117. The van der Waals surface area contributed by atoms with E-state index in [9.17, 15) is 4.79 Å². The molecule has 0 aliphatic carbocycles. The molecule has 0 spiro atoms. The van der Waals surface area contributed by atoms with Crippen LogP contribution in [0.5, 0.6) is 0 Å². The number of rotatable bonds is 4. The van der Waals surface area contributed by atoms with E-state index >= 15 is 0 Å². The van der Waals surface area contributed by atoms with Crippen LogP contribution in [0.15, 0.2) is 24.3 Å². The molecule has 0 bridgehead atoms. The Morgan fingerprint density at radius 3 is 2.56 bits per heavy atom. The fraction of sp³-hybridized carbons (Fsp3) is 0.500. The molecule has 1 atom stereocenters. The summed E-state index contributed by atoms with van der Waals surface area (Å²) in [4.78, 5) is 11.9. The Labute approximate surface area is 108 Å². The first-order valence-electron chi connectivity index (χ1n) is 6.09. The molecule has 0 radical (unpaired) electrons. The van der Waals surface area contributed by atoms with E-state index in [1.54, 1.807) is 12.1 Å². The van der Waals surface area contributed by atoms with Crippen LogP contribution in [-0.4, -0.2) is 17.1 Å². The molecule has 4 N–H and O–H groups in total. The number of para-hydroxylation sites is 1. The summed E-state index contributed by atoms with van der Waals surface area (Å²) in [6.45, 7) is 5.92. The molecule has 4 nitrogen and oxygen atoms in total. The number of benzene rings is 1. The molecule has 4 heteroatoms. The van der Waals surface area contributed by atoms with Gasteiger partial charge in [0.1, 0.15) is 0 Å². The summed E-state index contributed by atoms with van der Waals surface area (Å²) in [5.74, 6) is -0.127. The van der Waals surface area contributed by atoms with Gasteiger partial charge in [-0.05, 0) is 11.5 Å². The average Bonchev–Trinajstić information content (AvgIpc) is 2.28. The molecule has 1 aromatic rings. The van der Waals surface area contributed by atoms with Crippen LogP contribution in [0, 0.1) is 5.41 Å². The maximum absolute atomic E-state index is 11.9. The summed E-state index contributed by atoms with van der Waals surface area (Å²) < 4.78 is 0. The Hall–Kier alpha value is -1.39. The molecule has 1 unspecified atom stereocenters. The van der Waals surface area contributed by atoms with Crippen molar-refractivity contribution < 1.29 is 9.90 Å². The Balaban J connectivity index is 2.65. The minimum absolute atomic E-state index is 0.0955. The third-order valence-electron chi connectivity index (χ3n) is 2.98. The van der Waals surface area contributed by atoms with Crippen molar-refractivity contribution in [2.45, 2.75) is 39.8 Å². The third-order valence-corrected chi connectivity index (χ3v) is 2.98. The molecule has 1 rings (SSSR count). The van der Waals surface area contributed by atoms with Crippen molar-refractivity contribution in [2.24, 2.45) is 11.1 Å². The molecule has 0 aliphatic heterocycles. The highest BCUT2D eigenvalue weighted by molar-refractivity contribution is 5.91. The van der Waals surface area contributed by atoms with Crippen LogP contribution in [0.1, 0.15) is 32.8 Å². The molecule has 0 aromatic heterocycles. The Morgan fingerprint density at radius 1 is 1.39 bits per heavy atom. The van der Waals surface area contributed by atoms with Crippen molar-refractivity contribution >= 4 is 11.6 Å². The minimum Gasteiger partial charge on any atom is -0.392 e. The van der Waals surface area contributed by atoms with Crippen molar-refractivity contribution in [3.63, 3.8) is 0 Å². The minimum atomic E-state index is -0.196. The maximum Gasteiger partial charge on any atom is 0.225 e. The summed E-state index contributed by atoms with van der Waals surface area (Å²) in [5.41, 5.74) is 7.21. The number of nitrogens with one attached hydrogen (secondary N) is 1. The molecule has 0 saturated heterocycles. The van der Waals surface area contributed by atoms with E-state index in [0.29, 0.717) is 11.3 Å². The summed E-state index contributed by atoms with van der Waals surface area (Å²) in [6, 6.07) is 6.99. The highest BCUT2D eigenvalue weighted by Crippen LogP contribution is 2.21. The largest absolute Gasteiger partial charge is 0.392 e. The predicted octanol–water partition coefficient (Wildman–Crippen LogP) is 1.88. The van der Waals surface area contributed by atoms with Gasteiger partial charge in [-0.25, -0.2) is 0 Å². The second kappa shape index (κ2) is 5.98. The predicted molar refractivity (Wildman–Crippen MR) is 73.0 cm³/mol. The smallest absolute Gasteiger partial charge is 0.225 e. The molecule has 0 fully saturated rings. The van der Waals surface area contributed by atoms with E-state index in [1.165, 1.54) is 0 Å². The van der Waals surface area contributed by atoms with Gasteiger partial charge >= 0.3 is 0 Å². The number of hydrogen-bond donors (Lipinski definition) is 3. The summed E-state index contributed by atoms with van der Waals surface area (Å²) >= 11 is 0. The number of aliphatic hydroxyl groups excluding tert-OH is 1.